The molecule has 0 aliphatic rings. The molecule has 0 bridgehead atoms. The molecule has 2 heterocycles. The van der Waals surface area contributed by atoms with Crippen LogP contribution in [0.15, 0.2) is 24.0 Å². The van der Waals surface area contributed by atoms with Crippen LogP contribution in [0.3, 0.4) is 0 Å². The van der Waals surface area contributed by atoms with Crippen molar-refractivity contribution in [3.63, 3.8) is 0 Å². The lowest BCUT2D eigenvalue weighted by atomic mass is 10.3. The highest BCUT2D eigenvalue weighted by Gasteiger charge is 2.05. The van der Waals surface area contributed by atoms with Gasteiger partial charge in [0.1, 0.15) is 0 Å². The fourth-order valence-corrected chi connectivity index (χ4v) is 1.51. The van der Waals surface area contributed by atoms with E-state index < -0.39 is 0 Å². The summed E-state index contributed by atoms with van der Waals surface area (Å²) >= 11 is 1.48. The van der Waals surface area contributed by atoms with Gasteiger partial charge in [-0.2, -0.15) is 5.10 Å². The third-order valence-electron chi connectivity index (χ3n) is 1.60. The zero-order chi connectivity index (χ0) is 9.26. The van der Waals surface area contributed by atoms with Crippen LogP contribution in [0.25, 0.3) is 5.13 Å². The Balaban J connectivity index is 2.39. The van der Waals surface area contributed by atoms with Crippen LogP contribution in [0, 0.1) is 0 Å². The van der Waals surface area contributed by atoms with E-state index in [9.17, 15) is 4.79 Å². The average Bonchev–Trinajstić information content (AvgIpc) is 2.75. The summed E-state index contributed by atoms with van der Waals surface area (Å²) in [6.07, 6.45) is 4.93. The molecular weight excluding hydrogens is 186 g/mol. The van der Waals surface area contributed by atoms with Crippen molar-refractivity contribution in [3.8, 4) is 5.13 Å². The zero-order valence-corrected chi connectivity index (χ0v) is 7.78. The monoisotopic (exact) mass is 193 g/mol. The number of aromatic nitrogens is 3. The van der Waals surface area contributed by atoms with E-state index in [1.54, 1.807) is 23.3 Å². The molecule has 0 fully saturated rings. The maximum absolute atomic E-state index is 11.0. The van der Waals surface area contributed by atoms with Crippen molar-refractivity contribution in [3.05, 3.63) is 29.5 Å². The predicted molar refractivity (Wildman–Crippen MR) is 49.2 cm³/mol. The zero-order valence-electron chi connectivity index (χ0n) is 6.97. The van der Waals surface area contributed by atoms with Crippen molar-refractivity contribution in [1.82, 2.24) is 14.8 Å². The predicted octanol–water partition coefficient (Wildman–Crippen LogP) is 1.53. The molecule has 0 unspecified atom stereocenters. The highest BCUT2D eigenvalue weighted by Crippen LogP contribution is 2.10. The summed E-state index contributed by atoms with van der Waals surface area (Å²) in [4.78, 5) is 15.0. The van der Waals surface area contributed by atoms with Crippen molar-refractivity contribution in [1.29, 1.82) is 0 Å². The molecule has 13 heavy (non-hydrogen) atoms. The Morgan fingerprint density at radius 2 is 2.46 bits per heavy atom. The van der Waals surface area contributed by atoms with E-state index in [0.29, 0.717) is 5.56 Å². The molecule has 0 aliphatic carbocycles. The number of carbonyl (C=O) groups excluding carboxylic acids is 1. The third kappa shape index (κ3) is 1.50. The first-order valence-corrected chi connectivity index (χ1v) is 4.61. The minimum atomic E-state index is 0.0165. The average molecular weight is 193 g/mol. The summed E-state index contributed by atoms with van der Waals surface area (Å²) in [5.74, 6) is 0.0165. The van der Waals surface area contributed by atoms with Crippen molar-refractivity contribution in [2.75, 3.05) is 0 Å². The Hall–Kier alpha value is -1.49. The van der Waals surface area contributed by atoms with Crippen LogP contribution in [-0.4, -0.2) is 20.5 Å². The highest BCUT2D eigenvalue weighted by atomic mass is 32.1. The van der Waals surface area contributed by atoms with Gasteiger partial charge in [0.05, 0.1) is 11.8 Å². The molecule has 0 amide bonds. The maximum atomic E-state index is 11.0. The van der Waals surface area contributed by atoms with Crippen molar-refractivity contribution < 1.29 is 4.79 Å². The van der Waals surface area contributed by atoms with Gasteiger partial charge in [0.25, 0.3) is 0 Å². The number of carbonyl (C=O) groups is 1. The number of ketones is 1. The second-order valence-corrected chi connectivity index (χ2v) is 3.42. The van der Waals surface area contributed by atoms with Gasteiger partial charge in [0, 0.05) is 17.8 Å². The van der Waals surface area contributed by atoms with E-state index in [2.05, 4.69) is 10.1 Å². The van der Waals surface area contributed by atoms with E-state index in [-0.39, 0.29) is 5.78 Å². The topological polar surface area (TPSA) is 47.8 Å². The first kappa shape index (κ1) is 8.12. The SMILES string of the molecule is CC(=O)c1cnn(-c2nccs2)c1. The van der Waals surface area contributed by atoms with Gasteiger partial charge in [0.2, 0.25) is 5.13 Å². The van der Waals surface area contributed by atoms with E-state index >= 15 is 0 Å². The van der Waals surface area contributed by atoms with Crippen LogP contribution in [0.2, 0.25) is 0 Å². The largest absolute Gasteiger partial charge is 0.294 e. The molecule has 0 saturated carbocycles. The quantitative estimate of drug-likeness (QED) is 0.679. The summed E-state index contributed by atoms with van der Waals surface area (Å²) in [6, 6.07) is 0. The number of nitrogens with zero attached hydrogens (tertiary/aromatic N) is 3. The highest BCUT2D eigenvalue weighted by molar-refractivity contribution is 7.12. The first-order valence-electron chi connectivity index (χ1n) is 3.73. The lowest BCUT2D eigenvalue weighted by molar-refractivity contribution is 0.101. The summed E-state index contributed by atoms with van der Waals surface area (Å²) in [7, 11) is 0. The molecule has 5 heteroatoms. The number of hydrogen-bond donors (Lipinski definition) is 0. The lowest BCUT2D eigenvalue weighted by Gasteiger charge is -1.90. The fraction of sp³-hybridized carbons (Fsp3) is 0.125. The maximum Gasteiger partial charge on any atom is 0.210 e. The van der Waals surface area contributed by atoms with Crippen LogP contribution in [0.5, 0.6) is 0 Å². The number of thiazole rings is 1. The molecule has 0 radical (unpaired) electrons. The van der Waals surface area contributed by atoms with Crippen LogP contribution >= 0.6 is 11.3 Å². The Morgan fingerprint density at radius 1 is 1.62 bits per heavy atom. The number of rotatable bonds is 2. The van der Waals surface area contributed by atoms with E-state index in [1.165, 1.54) is 18.3 Å². The molecule has 2 rings (SSSR count). The van der Waals surface area contributed by atoms with Crippen LogP contribution in [0.1, 0.15) is 17.3 Å². The Bertz CT molecular complexity index is 418. The normalized spacial score (nSPS) is 10.2. The van der Waals surface area contributed by atoms with E-state index in [4.69, 9.17) is 0 Å². The minimum absolute atomic E-state index is 0.0165. The molecule has 66 valence electrons. The van der Waals surface area contributed by atoms with Gasteiger partial charge >= 0.3 is 0 Å². The third-order valence-corrected chi connectivity index (χ3v) is 2.37. The van der Waals surface area contributed by atoms with Crippen LogP contribution in [-0.2, 0) is 0 Å². The molecule has 0 saturated heterocycles. The van der Waals surface area contributed by atoms with Gasteiger partial charge in [-0.25, -0.2) is 9.67 Å². The first-order chi connectivity index (χ1) is 6.27. The van der Waals surface area contributed by atoms with Crippen molar-refractivity contribution >= 4 is 17.1 Å². The Kier molecular flexibility index (Phi) is 1.94. The smallest absolute Gasteiger partial charge is 0.210 e. The van der Waals surface area contributed by atoms with Gasteiger partial charge in [-0.1, -0.05) is 0 Å². The summed E-state index contributed by atoms with van der Waals surface area (Å²) in [6.45, 7) is 1.52. The molecule has 0 N–H and O–H groups in total. The molecule has 2 aromatic heterocycles. The number of Topliss-reactive ketones (excluding diaryl/α,β-unsaturated/α-hetero) is 1. The van der Waals surface area contributed by atoms with Gasteiger partial charge in [-0.15, -0.1) is 11.3 Å². The second kappa shape index (κ2) is 3.10. The fourth-order valence-electron chi connectivity index (χ4n) is 0.938. The molecule has 0 aliphatic heterocycles. The van der Waals surface area contributed by atoms with Gasteiger partial charge < -0.3 is 0 Å². The molecule has 0 aromatic carbocycles. The minimum Gasteiger partial charge on any atom is -0.294 e. The Labute approximate surface area is 78.8 Å². The van der Waals surface area contributed by atoms with E-state index in [1.807, 2.05) is 5.38 Å². The van der Waals surface area contributed by atoms with Crippen molar-refractivity contribution in [2.45, 2.75) is 6.92 Å². The van der Waals surface area contributed by atoms with Crippen molar-refractivity contribution in [2.24, 2.45) is 0 Å². The summed E-state index contributed by atoms with van der Waals surface area (Å²) < 4.78 is 1.60. The van der Waals surface area contributed by atoms with E-state index in [0.717, 1.165) is 5.13 Å². The molecule has 0 spiro atoms. The van der Waals surface area contributed by atoms with Gasteiger partial charge in [-0.05, 0) is 6.92 Å². The molecule has 4 nitrogen and oxygen atoms in total. The van der Waals surface area contributed by atoms with Gasteiger partial charge in [-0.3, -0.25) is 4.79 Å². The standard InChI is InChI=1S/C8H7N3OS/c1-6(12)7-4-10-11(5-7)8-9-2-3-13-8/h2-5H,1H3. The van der Waals surface area contributed by atoms with Crippen LogP contribution in [0.4, 0.5) is 0 Å². The summed E-state index contributed by atoms with van der Waals surface area (Å²) in [5.41, 5.74) is 0.607. The second-order valence-electron chi connectivity index (χ2n) is 2.54. The van der Waals surface area contributed by atoms with Crippen LogP contribution < -0.4 is 0 Å². The number of hydrogen-bond acceptors (Lipinski definition) is 4. The molecular formula is C8H7N3OS. The summed E-state index contributed by atoms with van der Waals surface area (Å²) in [5, 5.41) is 6.66. The Morgan fingerprint density at radius 3 is 3.00 bits per heavy atom. The lowest BCUT2D eigenvalue weighted by Crippen LogP contribution is -1.92. The molecule has 0 atom stereocenters. The van der Waals surface area contributed by atoms with Gasteiger partial charge in [0.15, 0.2) is 5.78 Å². The molecule has 2 aromatic rings.